The molecule has 0 bridgehead atoms. The van der Waals surface area contributed by atoms with Crippen molar-refractivity contribution in [2.75, 3.05) is 19.8 Å². The van der Waals surface area contributed by atoms with E-state index < -0.39 is 6.10 Å². The molecule has 4 nitrogen and oxygen atoms in total. The third-order valence-electron chi connectivity index (χ3n) is 2.91. The van der Waals surface area contributed by atoms with E-state index >= 15 is 0 Å². The zero-order valence-corrected chi connectivity index (χ0v) is 12.0. The molecular weight excluding hydrogens is 242 g/mol. The van der Waals surface area contributed by atoms with Gasteiger partial charge in [-0.1, -0.05) is 19.1 Å². The summed E-state index contributed by atoms with van der Waals surface area (Å²) in [7, 11) is 0. The summed E-state index contributed by atoms with van der Waals surface area (Å²) in [4.78, 5) is 0. The third-order valence-corrected chi connectivity index (χ3v) is 2.91. The highest BCUT2D eigenvalue weighted by Crippen LogP contribution is 2.18. The Balaban J connectivity index is 2.50. The zero-order chi connectivity index (χ0) is 14.3. The number of rotatable bonds is 8. The molecule has 0 fully saturated rings. The van der Waals surface area contributed by atoms with Gasteiger partial charge in [0, 0.05) is 12.1 Å². The Morgan fingerprint density at radius 3 is 2.42 bits per heavy atom. The maximum Gasteiger partial charge on any atom is 0.119 e. The first-order chi connectivity index (χ1) is 8.98. The predicted molar refractivity (Wildman–Crippen MR) is 76.4 cm³/mol. The monoisotopic (exact) mass is 267 g/mol. The second kappa shape index (κ2) is 7.48. The first-order valence-electron chi connectivity index (χ1n) is 6.75. The molecular formula is C15H25NO3. The summed E-state index contributed by atoms with van der Waals surface area (Å²) >= 11 is 0. The lowest BCUT2D eigenvalue weighted by molar-refractivity contribution is 0.136. The summed E-state index contributed by atoms with van der Waals surface area (Å²) in [5, 5.41) is 22.3. The molecule has 0 amide bonds. The fraction of sp³-hybridized carbons (Fsp3) is 0.600. The van der Waals surface area contributed by atoms with Gasteiger partial charge in [0.2, 0.25) is 0 Å². The first kappa shape index (κ1) is 16.0. The highest BCUT2D eigenvalue weighted by Gasteiger charge is 2.17. The molecule has 4 heteroatoms. The molecule has 0 aliphatic carbocycles. The largest absolute Gasteiger partial charge is 0.494 e. The van der Waals surface area contributed by atoms with Gasteiger partial charge in [-0.3, -0.25) is 0 Å². The van der Waals surface area contributed by atoms with Gasteiger partial charge in [0.1, 0.15) is 5.75 Å². The number of nitrogens with one attached hydrogen (secondary N) is 1. The van der Waals surface area contributed by atoms with Gasteiger partial charge < -0.3 is 20.3 Å². The highest BCUT2D eigenvalue weighted by molar-refractivity contribution is 5.28. The maximum atomic E-state index is 10.1. The van der Waals surface area contributed by atoms with Crippen molar-refractivity contribution < 1.29 is 14.9 Å². The average Bonchev–Trinajstić information content (AvgIpc) is 2.43. The summed E-state index contributed by atoms with van der Waals surface area (Å²) < 4.78 is 5.49. The van der Waals surface area contributed by atoms with Crippen molar-refractivity contribution in [2.24, 2.45) is 0 Å². The van der Waals surface area contributed by atoms with Crippen LogP contribution >= 0.6 is 0 Å². The molecule has 0 radical (unpaired) electrons. The Morgan fingerprint density at radius 2 is 1.89 bits per heavy atom. The van der Waals surface area contributed by atoms with Gasteiger partial charge in [0.25, 0.3) is 0 Å². The van der Waals surface area contributed by atoms with E-state index in [2.05, 4.69) is 12.2 Å². The molecule has 1 rings (SSSR count). The molecule has 0 aromatic heterocycles. The Morgan fingerprint density at radius 1 is 1.26 bits per heavy atom. The second-order valence-corrected chi connectivity index (χ2v) is 5.36. The van der Waals surface area contributed by atoms with Crippen molar-refractivity contribution in [1.82, 2.24) is 5.32 Å². The zero-order valence-electron chi connectivity index (χ0n) is 12.0. The van der Waals surface area contributed by atoms with Crippen molar-refractivity contribution in [1.29, 1.82) is 0 Å². The van der Waals surface area contributed by atoms with Crippen LogP contribution < -0.4 is 10.1 Å². The minimum atomic E-state index is -0.592. The van der Waals surface area contributed by atoms with E-state index in [1.807, 2.05) is 38.1 Å². The number of aliphatic hydroxyl groups is 2. The molecule has 1 aromatic rings. The SMILES string of the molecule is CCCOc1ccc(C(O)CNC(C)(C)CO)cc1. The molecule has 0 aliphatic heterocycles. The topological polar surface area (TPSA) is 61.7 Å². The smallest absolute Gasteiger partial charge is 0.119 e. The normalized spacial score (nSPS) is 13.3. The van der Waals surface area contributed by atoms with Crippen LogP contribution in [0.3, 0.4) is 0 Å². The van der Waals surface area contributed by atoms with Crippen LogP contribution in [0.2, 0.25) is 0 Å². The fourth-order valence-electron chi connectivity index (χ4n) is 1.55. The Hall–Kier alpha value is -1.10. The number of hydrogen-bond acceptors (Lipinski definition) is 4. The minimum Gasteiger partial charge on any atom is -0.494 e. The van der Waals surface area contributed by atoms with E-state index in [1.165, 1.54) is 0 Å². The van der Waals surface area contributed by atoms with Crippen LogP contribution in [0.4, 0.5) is 0 Å². The fourth-order valence-corrected chi connectivity index (χ4v) is 1.55. The van der Waals surface area contributed by atoms with Gasteiger partial charge in [-0.15, -0.1) is 0 Å². The summed E-state index contributed by atoms with van der Waals surface area (Å²) in [5.74, 6) is 0.821. The lowest BCUT2D eigenvalue weighted by Crippen LogP contribution is -2.44. The molecule has 1 aromatic carbocycles. The number of hydrogen-bond donors (Lipinski definition) is 3. The Bertz CT molecular complexity index is 362. The van der Waals surface area contributed by atoms with E-state index in [1.54, 1.807) is 0 Å². The Labute approximate surface area is 115 Å². The van der Waals surface area contributed by atoms with Crippen LogP contribution in [-0.4, -0.2) is 35.5 Å². The van der Waals surface area contributed by atoms with Gasteiger partial charge in [0.15, 0.2) is 0 Å². The van der Waals surface area contributed by atoms with Crippen molar-refractivity contribution in [2.45, 2.75) is 38.8 Å². The molecule has 0 aliphatic rings. The van der Waals surface area contributed by atoms with E-state index in [-0.39, 0.29) is 12.1 Å². The minimum absolute atomic E-state index is 0.0313. The second-order valence-electron chi connectivity index (χ2n) is 5.36. The number of aliphatic hydroxyl groups excluding tert-OH is 2. The van der Waals surface area contributed by atoms with Gasteiger partial charge in [-0.25, -0.2) is 0 Å². The standard InChI is InChI=1S/C15H25NO3/c1-4-9-19-13-7-5-12(6-8-13)14(18)10-16-15(2,3)11-17/h5-8,14,16-18H,4,9-11H2,1-3H3. The number of β-amino-alcohol motifs (C(OH)–C–C–N with tert-alkyl or cyclic N) is 1. The van der Waals surface area contributed by atoms with E-state index in [4.69, 9.17) is 9.84 Å². The quantitative estimate of drug-likeness (QED) is 0.673. The van der Waals surface area contributed by atoms with Gasteiger partial charge in [0.05, 0.1) is 19.3 Å². The van der Waals surface area contributed by atoms with E-state index in [0.29, 0.717) is 13.2 Å². The van der Waals surface area contributed by atoms with Crippen LogP contribution in [-0.2, 0) is 0 Å². The van der Waals surface area contributed by atoms with Crippen LogP contribution in [0.25, 0.3) is 0 Å². The molecule has 3 N–H and O–H groups in total. The van der Waals surface area contributed by atoms with E-state index in [9.17, 15) is 5.11 Å². The van der Waals surface area contributed by atoms with Crippen molar-refractivity contribution in [3.63, 3.8) is 0 Å². The molecule has 1 atom stereocenters. The average molecular weight is 267 g/mol. The van der Waals surface area contributed by atoms with Crippen LogP contribution in [0.1, 0.15) is 38.9 Å². The molecule has 108 valence electrons. The van der Waals surface area contributed by atoms with Gasteiger partial charge in [-0.05, 0) is 38.0 Å². The molecule has 0 heterocycles. The van der Waals surface area contributed by atoms with Crippen molar-refractivity contribution in [3.8, 4) is 5.75 Å². The summed E-state index contributed by atoms with van der Waals surface area (Å²) in [5.41, 5.74) is 0.454. The number of ether oxygens (including phenoxy) is 1. The molecule has 0 spiro atoms. The van der Waals surface area contributed by atoms with Crippen LogP contribution in [0, 0.1) is 0 Å². The molecule has 0 saturated carbocycles. The highest BCUT2D eigenvalue weighted by atomic mass is 16.5. The van der Waals surface area contributed by atoms with E-state index in [0.717, 1.165) is 17.7 Å². The number of benzene rings is 1. The molecule has 0 saturated heterocycles. The summed E-state index contributed by atoms with van der Waals surface area (Å²) in [6, 6.07) is 7.46. The lowest BCUT2D eigenvalue weighted by atomic mass is 10.0. The lowest BCUT2D eigenvalue weighted by Gasteiger charge is -2.25. The molecule has 1 unspecified atom stereocenters. The molecule has 19 heavy (non-hydrogen) atoms. The van der Waals surface area contributed by atoms with Gasteiger partial charge in [-0.2, -0.15) is 0 Å². The maximum absolute atomic E-state index is 10.1. The van der Waals surface area contributed by atoms with Crippen LogP contribution in [0.5, 0.6) is 5.75 Å². The third kappa shape index (κ3) is 5.59. The van der Waals surface area contributed by atoms with Crippen molar-refractivity contribution in [3.05, 3.63) is 29.8 Å². The van der Waals surface area contributed by atoms with Gasteiger partial charge >= 0.3 is 0 Å². The first-order valence-corrected chi connectivity index (χ1v) is 6.75. The van der Waals surface area contributed by atoms with Crippen molar-refractivity contribution >= 4 is 0 Å². The summed E-state index contributed by atoms with van der Waals surface area (Å²) in [6.07, 6.45) is 0.385. The summed E-state index contributed by atoms with van der Waals surface area (Å²) in [6.45, 7) is 6.98. The van der Waals surface area contributed by atoms with Crippen LogP contribution in [0.15, 0.2) is 24.3 Å². The predicted octanol–water partition coefficient (Wildman–Crippen LogP) is 1.87. The Kier molecular flexibility index (Phi) is 6.28.